The van der Waals surface area contributed by atoms with Crippen molar-refractivity contribution < 1.29 is 8.42 Å². The van der Waals surface area contributed by atoms with E-state index in [4.69, 9.17) is 5.73 Å². The van der Waals surface area contributed by atoms with Gasteiger partial charge in [0.25, 0.3) is 0 Å². The predicted molar refractivity (Wildman–Crippen MR) is 46.6 cm³/mol. The highest BCUT2D eigenvalue weighted by Gasteiger charge is 1.94. The van der Waals surface area contributed by atoms with Crippen LogP contribution < -0.4 is 5.73 Å². The number of hydrogen-bond donors (Lipinski definition) is 1. The number of nitrogen functional groups attached to an aromatic ring is 1. The maximum absolute atomic E-state index is 10.2. The van der Waals surface area contributed by atoms with Gasteiger partial charge in [0.05, 0.1) is 5.69 Å². The van der Waals surface area contributed by atoms with Gasteiger partial charge in [-0.3, -0.25) is 0 Å². The molecule has 0 radical (unpaired) electrons. The van der Waals surface area contributed by atoms with E-state index in [1.54, 1.807) is 12.1 Å². The molecule has 0 aliphatic heterocycles. The molecule has 0 aromatic heterocycles. The Morgan fingerprint density at radius 2 is 2.08 bits per heavy atom. The first-order valence-corrected chi connectivity index (χ1v) is 4.30. The van der Waals surface area contributed by atoms with E-state index < -0.39 is 10.5 Å². The van der Waals surface area contributed by atoms with Crippen molar-refractivity contribution in [2.24, 2.45) is 4.36 Å². The molecule has 5 heteroatoms. The van der Waals surface area contributed by atoms with Gasteiger partial charge in [-0.2, -0.15) is 8.42 Å². The van der Waals surface area contributed by atoms with Crippen LogP contribution in [-0.2, 0) is 10.5 Å². The van der Waals surface area contributed by atoms with Crippen LogP contribution >= 0.6 is 0 Å². The average molecular weight is 184 g/mol. The first kappa shape index (κ1) is 8.73. The number of benzene rings is 1. The van der Waals surface area contributed by atoms with Crippen molar-refractivity contribution in [2.75, 3.05) is 5.73 Å². The fourth-order valence-electron chi connectivity index (χ4n) is 0.771. The summed E-state index contributed by atoms with van der Waals surface area (Å²) in [6.07, 6.45) is 0. The van der Waals surface area contributed by atoms with Gasteiger partial charge in [-0.15, -0.1) is 4.36 Å². The minimum atomic E-state index is -2.41. The molecule has 0 saturated heterocycles. The lowest BCUT2D eigenvalue weighted by atomic mass is 10.2. The molecule has 1 aromatic carbocycles. The smallest absolute Gasteiger partial charge is 0.316 e. The van der Waals surface area contributed by atoms with Crippen LogP contribution in [0.3, 0.4) is 0 Å². The number of hydrogen-bond acceptors (Lipinski definition) is 4. The fraction of sp³-hybridized carbons (Fsp3) is 0.143. The van der Waals surface area contributed by atoms with Gasteiger partial charge in [0.15, 0.2) is 0 Å². The van der Waals surface area contributed by atoms with Crippen molar-refractivity contribution in [3.8, 4) is 0 Å². The Kier molecular flexibility index (Phi) is 2.44. The third-order valence-electron chi connectivity index (χ3n) is 1.44. The van der Waals surface area contributed by atoms with Crippen molar-refractivity contribution in [3.05, 3.63) is 23.8 Å². The first-order valence-electron chi connectivity index (χ1n) is 3.27. The summed E-state index contributed by atoms with van der Waals surface area (Å²) >= 11 is 0. The van der Waals surface area contributed by atoms with E-state index in [0.29, 0.717) is 11.4 Å². The Balaban J connectivity index is 3.23. The first-order chi connectivity index (χ1) is 5.59. The predicted octanol–water partition coefficient (Wildman–Crippen LogP) is 1.27. The van der Waals surface area contributed by atoms with Crippen molar-refractivity contribution in [3.63, 3.8) is 0 Å². The van der Waals surface area contributed by atoms with E-state index in [-0.39, 0.29) is 0 Å². The molecular weight excluding hydrogens is 176 g/mol. The summed E-state index contributed by atoms with van der Waals surface area (Å²) in [4.78, 5) is 0. The van der Waals surface area contributed by atoms with Gasteiger partial charge in [-0.25, -0.2) is 0 Å². The Hall–Kier alpha value is -1.36. The Morgan fingerprint density at radius 1 is 1.42 bits per heavy atom. The molecule has 0 atom stereocenters. The van der Waals surface area contributed by atoms with E-state index in [2.05, 4.69) is 4.36 Å². The molecule has 0 spiro atoms. The normalized spacial score (nSPS) is 9.42. The average Bonchev–Trinajstić information content (AvgIpc) is 1.96. The molecule has 1 aromatic rings. The standard InChI is InChI=1S/C7H8N2O2S/c1-5-2-3-6(4-7(5)8)9-12(10)11/h2-4H,8H2,1H3. The van der Waals surface area contributed by atoms with Gasteiger partial charge in [0, 0.05) is 5.69 Å². The monoisotopic (exact) mass is 184 g/mol. The summed E-state index contributed by atoms with van der Waals surface area (Å²) in [5, 5.41) is 0. The molecule has 12 heavy (non-hydrogen) atoms. The molecule has 0 aliphatic rings. The van der Waals surface area contributed by atoms with Crippen molar-refractivity contribution in [1.29, 1.82) is 0 Å². The zero-order valence-electron chi connectivity index (χ0n) is 6.48. The highest BCUT2D eigenvalue weighted by molar-refractivity contribution is 7.61. The summed E-state index contributed by atoms with van der Waals surface area (Å²) in [5.74, 6) is 0. The lowest BCUT2D eigenvalue weighted by molar-refractivity contribution is 0.622. The molecule has 64 valence electrons. The molecular formula is C7H8N2O2S. The van der Waals surface area contributed by atoms with Gasteiger partial charge in [-0.1, -0.05) is 6.07 Å². The summed E-state index contributed by atoms with van der Waals surface area (Å²) in [5.41, 5.74) is 7.34. The molecule has 0 bridgehead atoms. The lowest BCUT2D eigenvalue weighted by Crippen LogP contribution is -1.87. The van der Waals surface area contributed by atoms with Crippen LogP contribution in [0, 0.1) is 6.92 Å². The van der Waals surface area contributed by atoms with E-state index in [9.17, 15) is 8.42 Å². The lowest BCUT2D eigenvalue weighted by Gasteiger charge is -1.97. The van der Waals surface area contributed by atoms with Crippen molar-refractivity contribution in [1.82, 2.24) is 0 Å². The zero-order valence-corrected chi connectivity index (χ0v) is 7.30. The largest absolute Gasteiger partial charge is 0.398 e. The molecule has 1 rings (SSSR count). The van der Waals surface area contributed by atoms with E-state index in [0.717, 1.165) is 5.56 Å². The van der Waals surface area contributed by atoms with Gasteiger partial charge in [0.2, 0.25) is 0 Å². The van der Waals surface area contributed by atoms with Crippen LogP contribution in [0.5, 0.6) is 0 Å². The van der Waals surface area contributed by atoms with Crippen LogP contribution in [0.25, 0.3) is 0 Å². The van der Waals surface area contributed by atoms with Crippen molar-refractivity contribution in [2.45, 2.75) is 6.92 Å². The quantitative estimate of drug-likeness (QED) is 0.668. The second kappa shape index (κ2) is 3.36. The summed E-state index contributed by atoms with van der Waals surface area (Å²) in [6, 6.07) is 4.84. The SMILES string of the molecule is Cc1ccc(N=S(=O)=O)cc1N. The zero-order chi connectivity index (χ0) is 9.14. The highest BCUT2D eigenvalue weighted by Crippen LogP contribution is 2.18. The van der Waals surface area contributed by atoms with Crippen LogP contribution in [0.15, 0.2) is 22.6 Å². The number of nitrogens with zero attached hydrogens (tertiary/aromatic N) is 1. The number of nitrogens with two attached hydrogens (primary N) is 1. The molecule has 0 saturated carbocycles. The number of rotatable bonds is 1. The maximum Gasteiger partial charge on any atom is 0.316 e. The molecule has 0 heterocycles. The Bertz CT molecular complexity index is 415. The second-order valence-electron chi connectivity index (χ2n) is 2.35. The summed E-state index contributed by atoms with van der Waals surface area (Å²) in [7, 11) is -2.41. The second-order valence-corrected chi connectivity index (χ2v) is 2.97. The van der Waals surface area contributed by atoms with Gasteiger partial charge < -0.3 is 5.73 Å². The fourth-order valence-corrected chi connectivity index (χ4v) is 1.06. The van der Waals surface area contributed by atoms with Crippen LogP contribution in [-0.4, -0.2) is 8.42 Å². The summed E-state index contributed by atoms with van der Waals surface area (Å²) in [6.45, 7) is 1.84. The molecule has 0 unspecified atom stereocenters. The van der Waals surface area contributed by atoms with Gasteiger partial charge in [-0.05, 0) is 24.6 Å². The molecule has 0 fully saturated rings. The molecule has 4 nitrogen and oxygen atoms in total. The molecule has 0 amide bonds. The van der Waals surface area contributed by atoms with Crippen LogP contribution in [0.2, 0.25) is 0 Å². The number of anilines is 1. The third kappa shape index (κ3) is 2.06. The van der Waals surface area contributed by atoms with Crippen molar-refractivity contribution >= 4 is 21.9 Å². The Morgan fingerprint density at radius 3 is 2.58 bits per heavy atom. The van der Waals surface area contributed by atoms with E-state index >= 15 is 0 Å². The topological polar surface area (TPSA) is 72.5 Å². The third-order valence-corrected chi connectivity index (χ3v) is 1.80. The Labute approximate surface area is 71.7 Å². The van der Waals surface area contributed by atoms with Crippen LogP contribution in [0.4, 0.5) is 11.4 Å². The van der Waals surface area contributed by atoms with Gasteiger partial charge >= 0.3 is 10.5 Å². The number of aryl methyl sites for hydroxylation is 1. The van der Waals surface area contributed by atoms with E-state index in [1.165, 1.54) is 6.07 Å². The van der Waals surface area contributed by atoms with Crippen LogP contribution in [0.1, 0.15) is 5.56 Å². The molecule has 2 N–H and O–H groups in total. The van der Waals surface area contributed by atoms with Gasteiger partial charge in [0.1, 0.15) is 0 Å². The summed E-state index contributed by atoms with van der Waals surface area (Å²) < 4.78 is 23.6. The highest BCUT2D eigenvalue weighted by atomic mass is 32.2. The maximum atomic E-state index is 10.2. The van der Waals surface area contributed by atoms with E-state index in [1.807, 2.05) is 6.92 Å². The minimum absolute atomic E-state index is 0.353. The molecule has 0 aliphatic carbocycles. The minimum Gasteiger partial charge on any atom is -0.398 e.